The van der Waals surface area contributed by atoms with E-state index in [1.165, 1.54) is 29.5 Å². The summed E-state index contributed by atoms with van der Waals surface area (Å²) in [6.45, 7) is 0. The van der Waals surface area contributed by atoms with Gasteiger partial charge in [0.15, 0.2) is 0 Å². The van der Waals surface area contributed by atoms with Crippen LogP contribution < -0.4 is 10.1 Å². The Morgan fingerprint density at radius 2 is 1.88 bits per heavy atom. The fourth-order valence-electron chi connectivity index (χ4n) is 4.20. The van der Waals surface area contributed by atoms with Gasteiger partial charge in [-0.1, -0.05) is 36.4 Å². The topological polar surface area (TPSA) is 38.3 Å². The van der Waals surface area contributed by atoms with Crippen molar-refractivity contribution in [3.8, 4) is 5.75 Å². The molecule has 0 spiro atoms. The lowest BCUT2D eigenvalue weighted by Crippen LogP contribution is -2.27. The fourth-order valence-corrected chi connectivity index (χ4v) is 4.20. The highest BCUT2D eigenvalue weighted by Gasteiger charge is 2.23. The third-order valence-electron chi connectivity index (χ3n) is 5.61. The first-order valence-electron chi connectivity index (χ1n) is 9.91. The van der Waals surface area contributed by atoms with Crippen molar-refractivity contribution in [2.75, 3.05) is 0 Å². The predicted octanol–water partition coefficient (Wildman–Crippen LogP) is 4.74. The summed E-state index contributed by atoms with van der Waals surface area (Å²) in [5.41, 5.74) is 3.82. The van der Waals surface area contributed by atoms with Crippen LogP contribution in [0.15, 0.2) is 48.5 Å². The van der Waals surface area contributed by atoms with E-state index in [9.17, 15) is 4.79 Å². The van der Waals surface area contributed by atoms with Gasteiger partial charge in [0.1, 0.15) is 5.75 Å². The Kier molecular flexibility index (Phi) is 5.24. The highest BCUT2D eigenvalue weighted by molar-refractivity contribution is 5.77. The molecule has 0 aliphatic heterocycles. The van der Waals surface area contributed by atoms with Gasteiger partial charge in [0.05, 0.1) is 12.1 Å². The number of carbonyl (C=O) groups excluding carboxylic acids is 1. The molecule has 1 amide bonds. The molecule has 4 rings (SSSR count). The molecular formula is C23H27NO2. The van der Waals surface area contributed by atoms with Crippen LogP contribution in [-0.4, -0.2) is 12.0 Å². The first-order chi connectivity index (χ1) is 12.8. The first kappa shape index (κ1) is 17.1. The maximum atomic E-state index is 12.4. The van der Waals surface area contributed by atoms with Gasteiger partial charge in [0.25, 0.3) is 0 Å². The molecule has 3 heteroatoms. The van der Waals surface area contributed by atoms with Gasteiger partial charge in [-0.05, 0) is 73.8 Å². The minimum atomic E-state index is 0.133. The number of rotatable bonds is 6. The number of fused-ring (bicyclic) bond motifs is 1. The van der Waals surface area contributed by atoms with E-state index >= 15 is 0 Å². The second kappa shape index (κ2) is 7.94. The molecule has 1 unspecified atom stereocenters. The van der Waals surface area contributed by atoms with Crippen LogP contribution in [0, 0.1) is 0 Å². The van der Waals surface area contributed by atoms with E-state index in [-0.39, 0.29) is 11.9 Å². The van der Waals surface area contributed by atoms with E-state index in [0.717, 1.165) is 37.9 Å². The number of amides is 1. The highest BCUT2D eigenvalue weighted by atomic mass is 16.5. The van der Waals surface area contributed by atoms with E-state index in [0.29, 0.717) is 12.5 Å². The fraction of sp³-hybridized carbons (Fsp3) is 0.435. The largest absolute Gasteiger partial charge is 0.490 e. The predicted molar refractivity (Wildman–Crippen MR) is 103 cm³/mol. The van der Waals surface area contributed by atoms with Crippen LogP contribution in [0.25, 0.3) is 0 Å². The van der Waals surface area contributed by atoms with Gasteiger partial charge in [-0.25, -0.2) is 0 Å². The summed E-state index contributed by atoms with van der Waals surface area (Å²) in [4.78, 5) is 12.4. The Bertz CT molecular complexity index is 764. The molecule has 0 aromatic heterocycles. The number of aryl methyl sites for hydroxylation is 2. The number of benzene rings is 2. The summed E-state index contributed by atoms with van der Waals surface area (Å²) in [7, 11) is 0. The summed E-state index contributed by atoms with van der Waals surface area (Å²) in [5, 5.41) is 3.21. The lowest BCUT2D eigenvalue weighted by molar-refractivity contribution is -0.121. The van der Waals surface area contributed by atoms with Crippen LogP contribution in [-0.2, 0) is 17.6 Å². The Balaban J connectivity index is 1.29. The number of hydrogen-bond donors (Lipinski definition) is 1. The molecule has 0 bridgehead atoms. The molecule has 2 aromatic carbocycles. The van der Waals surface area contributed by atoms with E-state index in [2.05, 4.69) is 41.7 Å². The third kappa shape index (κ3) is 4.09. The van der Waals surface area contributed by atoms with E-state index in [1.54, 1.807) is 0 Å². The summed E-state index contributed by atoms with van der Waals surface area (Å²) in [5.74, 6) is 1.08. The second-order valence-corrected chi connectivity index (χ2v) is 7.53. The van der Waals surface area contributed by atoms with Crippen LogP contribution in [0.3, 0.4) is 0 Å². The maximum Gasteiger partial charge on any atom is 0.220 e. The van der Waals surface area contributed by atoms with Crippen molar-refractivity contribution in [3.63, 3.8) is 0 Å². The van der Waals surface area contributed by atoms with Gasteiger partial charge in [-0.3, -0.25) is 4.79 Å². The zero-order valence-corrected chi connectivity index (χ0v) is 15.2. The molecule has 26 heavy (non-hydrogen) atoms. The van der Waals surface area contributed by atoms with E-state index < -0.39 is 0 Å². The molecule has 1 saturated carbocycles. The number of hydrogen-bond acceptors (Lipinski definition) is 2. The minimum Gasteiger partial charge on any atom is -0.490 e. The lowest BCUT2D eigenvalue weighted by Gasteiger charge is -2.15. The Morgan fingerprint density at radius 1 is 1.04 bits per heavy atom. The molecule has 2 aliphatic carbocycles. The Hall–Kier alpha value is -2.29. The molecule has 0 heterocycles. The normalized spacial score (nSPS) is 19.3. The van der Waals surface area contributed by atoms with Crippen molar-refractivity contribution in [3.05, 3.63) is 65.2 Å². The summed E-state index contributed by atoms with van der Waals surface area (Å²) in [6, 6.07) is 16.8. The van der Waals surface area contributed by atoms with E-state index in [1.807, 2.05) is 12.1 Å². The molecule has 0 saturated heterocycles. The zero-order valence-electron chi connectivity index (χ0n) is 15.2. The molecule has 1 atom stereocenters. The summed E-state index contributed by atoms with van der Waals surface area (Å²) in [6.07, 6.45) is 8.58. The highest BCUT2D eigenvalue weighted by Crippen LogP contribution is 2.30. The summed E-state index contributed by atoms with van der Waals surface area (Å²) < 4.78 is 6.07. The minimum absolute atomic E-state index is 0.133. The van der Waals surface area contributed by atoms with Crippen LogP contribution >= 0.6 is 0 Å². The lowest BCUT2D eigenvalue weighted by atomic mass is 10.1. The number of ether oxygens (including phenoxy) is 1. The monoisotopic (exact) mass is 349 g/mol. The Morgan fingerprint density at radius 3 is 2.77 bits per heavy atom. The SMILES string of the molecule is O=C(CCc1cccc(OC2CCCC2)c1)NC1CCc2ccccc21. The van der Waals surface area contributed by atoms with Crippen molar-refractivity contribution in [1.82, 2.24) is 5.32 Å². The molecule has 3 nitrogen and oxygen atoms in total. The molecule has 1 fully saturated rings. The van der Waals surface area contributed by atoms with Crippen molar-refractivity contribution in [1.29, 1.82) is 0 Å². The second-order valence-electron chi connectivity index (χ2n) is 7.53. The van der Waals surface area contributed by atoms with Gasteiger partial charge in [0, 0.05) is 6.42 Å². The molecule has 1 N–H and O–H groups in total. The average Bonchev–Trinajstić information content (AvgIpc) is 3.31. The summed E-state index contributed by atoms with van der Waals surface area (Å²) >= 11 is 0. The van der Waals surface area contributed by atoms with Crippen molar-refractivity contribution < 1.29 is 9.53 Å². The molecular weight excluding hydrogens is 322 g/mol. The van der Waals surface area contributed by atoms with Gasteiger partial charge in [0.2, 0.25) is 5.91 Å². The van der Waals surface area contributed by atoms with Gasteiger partial charge in [-0.15, -0.1) is 0 Å². The van der Waals surface area contributed by atoms with Crippen LogP contribution in [0.5, 0.6) is 5.75 Å². The van der Waals surface area contributed by atoms with Gasteiger partial charge >= 0.3 is 0 Å². The standard InChI is InChI=1S/C23H27NO2/c25-23(24-22-14-13-18-7-1-4-11-21(18)22)15-12-17-6-5-10-20(16-17)26-19-8-2-3-9-19/h1,4-7,10-11,16,19,22H,2-3,8-9,12-15H2,(H,24,25). The molecule has 0 radical (unpaired) electrons. The third-order valence-corrected chi connectivity index (χ3v) is 5.61. The van der Waals surface area contributed by atoms with Crippen molar-refractivity contribution in [2.45, 2.75) is 63.5 Å². The van der Waals surface area contributed by atoms with Crippen LogP contribution in [0.1, 0.15) is 61.3 Å². The van der Waals surface area contributed by atoms with Gasteiger partial charge in [-0.2, -0.15) is 0 Å². The average molecular weight is 349 g/mol. The molecule has 2 aromatic rings. The first-order valence-corrected chi connectivity index (χ1v) is 9.91. The molecule has 2 aliphatic rings. The zero-order chi connectivity index (χ0) is 17.8. The number of carbonyl (C=O) groups is 1. The van der Waals surface area contributed by atoms with Crippen molar-refractivity contribution >= 4 is 5.91 Å². The van der Waals surface area contributed by atoms with Crippen LogP contribution in [0.2, 0.25) is 0 Å². The smallest absolute Gasteiger partial charge is 0.220 e. The van der Waals surface area contributed by atoms with Crippen molar-refractivity contribution in [2.24, 2.45) is 0 Å². The maximum absolute atomic E-state index is 12.4. The van der Waals surface area contributed by atoms with Gasteiger partial charge < -0.3 is 10.1 Å². The molecule has 136 valence electrons. The van der Waals surface area contributed by atoms with Crippen LogP contribution in [0.4, 0.5) is 0 Å². The number of nitrogens with one attached hydrogen (secondary N) is 1. The quantitative estimate of drug-likeness (QED) is 0.818. The Labute approximate surface area is 155 Å². The van der Waals surface area contributed by atoms with E-state index in [4.69, 9.17) is 4.74 Å².